The van der Waals surface area contributed by atoms with Crippen LogP contribution in [-0.2, 0) is 6.54 Å². The highest BCUT2D eigenvalue weighted by atomic mass is 16.2. The van der Waals surface area contributed by atoms with Crippen molar-refractivity contribution in [3.05, 3.63) is 65.5 Å². The Hall–Kier alpha value is -2.20. The molecule has 2 saturated heterocycles. The molecule has 2 aromatic rings. The first-order chi connectivity index (χ1) is 11.7. The quantitative estimate of drug-likeness (QED) is 0.872. The second-order valence-corrected chi connectivity index (χ2v) is 7.09. The number of carbonyl (C=O) groups excluding carboxylic acids is 1. The number of pyridine rings is 1. The third-order valence-corrected chi connectivity index (χ3v) is 5.43. The standard InChI is InChI=1S/C20H23N3O/c1-15-4-2-3-5-17(15)10-22-11-18-13-23(14-19(18)12-22)20(24)16-6-8-21-9-7-16/h2-9,18-19H,10-14H2,1H3/t18-,19-/m1/s1. The zero-order chi connectivity index (χ0) is 16.5. The number of hydrogen-bond acceptors (Lipinski definition) is 3. The minimum absolute atomic E-state index is 0.150. The van der Waals surface area contributed by atoms with Crippen molar-refractivity contribution >= 4 is 5.91 Å². The molecule has 0 N–H and O–H groups in total. The van der Waals surface area contributed by atoms with E-state index in [9.17, 15) is 4.79 Å². The van der Waals surface area contributed by atoms with Gasteiger partial charge in [0.1, 0.15) is 0 Å². The molecule has 0 radical (unpaired) electrons. The highest BCUT2D eigenvalue weighted by Crippen LogP contribution is 2.32. The van der Waals surface area contributed by atoms with Crippen LogP contribution in [0.3, 0.4) is 0 Å². The van der Waals surface area contributed by atoms with E-state index in [0.29, 0.717) is 11.8 Å². The zero-order valence-electron chi connectivity index (χ0n) is 14.1. The number of rotatable bonds is 3. The maximum Gasteiger partial charge on any atom is 0.253 e. The van der Waals surface area contributed by atoms with Gasteiger partial charge in [0.25, 0.3) is 5.91 Å². The molecule has 0 spiro atoms. The molecule has 4 nitrogen and oxygen atoms in total. The van der Waals surface area contributed by atoms with Crippen molar-refractivity contribution in [2.75, 3.05) is 26.2 Å². The van der Waals surface area contributed by atoms with Gasteiger partial charge in [0.15, 0.2) is 0 Å². The molecule has 1 aromatic carbocycles. The number of aromatic nitrogens is 1. The number of amides is 1. The van der Waals surface area contributed by atoms with Crippen molar-refractivity contribution in [2.45, 2.75) is 13.5 Å². The van der Waals surface area contributed by atoms with E-state index in [4.69, 9.17) is 0 Å². The van der Waals surface area contributed by atoms with E-state index in [1.54, 1.807) is 24.5 Å². The smallest absolute Gasteiger partial charge is 0.253 e. The van der Waals surface area contributed by atoms with Crippen molar-refractivity contribution in [3.8, 4) is 0 Å². The summed E-state index contributed by atoms with van der Waals surface area (Å²) >= 11 is 0. The Morgan fingerprint density at radius 3 is 2.38 bits per heavy atom. The summed E-state index contributed by atoms with van der Waals surface area (Å²) in [6.07, 6.45) is 3.38. The first kappa shape index (κ1) is 15.3. The number of aryl methyl sites for hydroxylation is 1. The first-order valence-corrected chi connectivity index (χ1v) is 8.67. The van der Waals surface area contributed by atoms with E-state index in [0.717, 1.165) is 38.3 Å². The molecule has 1 amide bonds. The molecular formula is C20H23N3O. The van der Waals surface area contributed by atoms with Crippen LogP contribution >= 0.6 is 0 Å². The molecule has 0 bridgehead atoms. The molecule has 1 aromatic heterocycles. The van der Waals surface area contributed by atoms with Crippen LogP contribution in [0.1, 0.15) is 21.5 Å². The van der Waals surface area contributed by atoms with E-state index >= 15 is 0 Å². The van der Waals surface area contributed by atoms with Crippen molar-refractivity contribution in [1.29, 1.82) is 0 Å². The van der Waals surface area contributed by atoms with E-state index < -0.39 is 0 Å². The Balaban J connectivity index is 1.37. The van der Waals surface area contributed by atoms with Gasteiger partial charge in [0.2, 0.25) is 0 Å². The Morgan fingerprint density at radius 1 is 1.04 bits per heavy atom. The van der Waals surface area contributed by atoms with Gasteiger partial charge in [0, 0.05) is 50.7 Å². The molecule has 0 aliphatic carbocycles. The molecular weight excluding hydrogens is 298 g/mol. The Morgan fingerprint density at radius 2 is 1.71 bits per heavy atom. The van der Waals surface area contributed by atoms with Gasteiger partial charge in [-0.2, -0.15) is 0 Å². The summed E-state index contributed by atoms with van der Waals surface area (Å²) < 4.78 is 0. The number of hydrogen-bond donors (Lipinski definition) is 0. The average molecular weight is 321 g/mol. The zero-order valence-corrected chi connectivity index (χ0v) is 14.1. The SMILES string of the molecule is Cc1ccccc1CN1C[C@@H]2CN(C(=O)c3ccncc3)C[C@H]2C1. The number of fused-ring (bicyclic) bond motifs is 1. The molecule has 2 aliphatic rings. The third kappa shape index (κ3) is 2.94. The fourth-order valence-corrected chi connectivity index (χ4v) is 4.09. The van der Waals surface area contributed by atoms with Crippen molar-refractivity contribution in [1.82, 2.24) is 14.8 Å². The molecule has 124 valence electrons. The lowest BCUT2D eigenvalue weighted by molar-refractivity contribution is 0.0773. The van der Waals surface area contributed by atoms with Crippen LogP contribution in [0.25, 0.3) is 0 Å². The number of benzene rings is 1. The highest BCUT2D eigenvalue weighted by Gasteiger charge is 2.41. The summed E-state index contributed by atoms with van der Waals surface area (Å²) in [5.74, 6) is 1.37. The average Bonchev–Trinajstić information content (AvgIpc) is 3.15. The molecule has 0 unspecified atom stereocenters. The summed E-state index contributed by atoms with van der Waals surface area (Å²) in [6.45, 7) is 7.17. The van der Waals surface area contributed by atoms with Crippen molar-refractivity contribution in [2.24, 2.45) is 11.8 Å². The second-order valence-electron chi connectivity index (χ2n) is 7.09. The fourth-order valence-electron chi connectivity index (χ4n) is 4.09. The minimum atomic E-state index is 0.150. The normalized spacial score (nSPS) is 23.5. The van der Waals surface area contributed by atoms with Crippen LogP contribution in [-0.4, -0.2) is 46.9 Å². The van der Waals surface area contributed by atoms with Gasteiger partial charge in [-0.1, -0.05) is 24.3 Å². The molecule has 2 aliphatic heterocycles. The highest BCUT2D eigenvalue weighted by molar-refractivity contribution is 5.94. The molecule has 2 atom stereocenters. The van der Waals surface area contributed by atoms with Gasteiger partial charge in [0.05, 0.1) is 0 Å². The first-order valence-electron chi connectivity index (χ1n) is 8.67. The summed E-state index contributed by atoms with van der Waals surface area (Å²) in [7, 11) is 0. The van der Waals surface area contributed by atoms with Crippen LogP contribution in [0, 0.1) is 18.8 Å². The number of nitrogens with zero attached hydrogens (tertiary/aromatic N) is 3. The number of likely N-dealkylation sites (tertiary alicyclic amines) is 2. The van der Waals surface area contributed by atoms with Gasteiger partial charge in [-0.25, -0.2) is 0 Å². The Bertz CT molecular complexity index is 717. The van der Waals surface area contributed by atoms with Crippen LogP contribution in [0.15, 0.2) is 48.8 Å². The molecule has 2 fully saturated rings. The molecule has 4 rings (SSSR count). The van der Waals surface area contributed by atoms with Crippen LogP contribution < -0.4 is 0 Å². The van der Waals surface area contributed by atoms with E-state index in [-0.39, 0.29) is 5.91 Å². The van der Waals surface area contributed by atoms with E-state index in [2.05, 4.69) is 41.1 Å². The monoisotopic (exact) mass is 321 g/mol. The van der Waals surface area contributed by atoms with Gasteiger partial charge < -0.3 is 4.90 Å². The topological polar surface area (TPSA) is 36.4 Å². The van der Waals surface area contributed by atoms with Gasteiger partial charge in [-0.3, -0.25) is 14.7 Å². The van der Waals surface area contributed by atoms with Crippen molar-refractivity contribution < 1.29 is 4.79 Å². The maximum absolute atomic E-state index is 12.6. The van der Waals surface area contributed by atoms with Crippen LogP contribution in [0.4, 0.5) is 0 Å². The summed E-state index contributed by atoms with van der Waals surface area (Å²) in [4.78, 5) is 21.1. The molecule has 4 heteroatoms. The van der Waals surface area contributed by atoms with Crippen LogP contribution in [0.5, 0.6) is 0 Å². The second kappa shape index (κ2) is 6.36. The lowest BCUT2D eigenvalue weighted by Crippen LogP contribution is -2.33. The van der Waals surface area contributed by atoms with E-state index in [1.165, 1.54) is 11.1 Å². The van der Waals surface area contributed by atoms with Gasteiger partial charge >= 0.3 is 0 Å². The lowest BCUT2D eigenvalue weighted by Gasteiger charge is -2.22. The Labute approximate surface area is 143 Å². The predicted octanol–water partition coefficient (Wildman–Crippen LogP) is 2.59. The largest absolute Gasteiger partial charge is 0.338 e. The molecule has 0 saturated carbocycles. The maximum atomic E-state index is 12.6. The summed E-state index contributed by atoms with van der Waals surface area (Å²) in [5, 5.41) is 0. The minimum Gasteiger partial charge on any atom is -0.338 e. The predicted molar refractivity (Wildman–Crippen MR) is 93.6 cm³/mol. The van der Waals surface area contributed by atoms with Gasteiger partial charge in [-0.05, 0) is 42.0 Å². The van der Waals surface area contributed by atoms with Crippen LogP contribution in [0.2, 0.25) is 0 Å². The molecule has 3 heterocycles. The summed E-state index contributed by atoms with van der Waals surface area (Å²) in [5.41, 5.74) is 3.54. The number of carbonyl (C=O) groups is 1. The summed E-state index contributed by atoms with van der Waals surface area (Å²) in [6, 6.07) is 12.2. The third-order valence-electron chi connectivity index (χ3n) is 5.43. The lowest BCUT2D eigenvalue weighted by atomic mass is 10.0. The fraction of sp³-hybridized carbons (Fsp3) is 0.400. The van der Waals surface area contributed by atoms with E-state index in [1.807, 2.05) is 4.90 Å². The van der Waals surface area contributed by atoms with Gasteiger partial charge in [-0.15, -0.1) is 0 Å². The Kier molecular flexibility index (Phi) is 4.07. The molecule has 24 heavy (non-hydrogen) atoms. The van der Waals surface area contributed by atoms with Crippen molar-refractivity contribution in [3.63, 3.8) is 0 Å².